The number of anilines is 1. The molecule has 1 aromatic heterocycles. The van der Waals surface area contributed by atoms with E-state index in [9.17, 15) is 0 Å². The lowest BCUT2D eigenvalue weighted by Crippen LogP contribution is -2.07. The van der Waals surface area contributed by atoms with Crippen molar-refractivity contribution in [3.8, 4) is 0 Å². The van der Waals surface area contributed by atoms with Gasteiger partial charge in [0.2, 0.25) is 0 Å². The second-order valence-electron chi connectivity index (χ2n) is 3.67. The molecule has 0 bridgehead atoms. The van der Waals surface area contributed by atoms with E-state index >= 15 is 0 Å². The number of hydrogen-bond donors (Lipinski definition) is 2. The van der Waals surface area contributed by atoms with E-state index in [4.69, 9.17) is 10.8 Å². The molecule has 84 valence electrons. The second-order valence-corrected chi connectivity index (χ2v) is 3.67. The number of hydrogen-bond acceptors (Lipinski definition) is 3. The SMILES string of the molecule is Nc1cc(Cc2ccccc2)nn1CCO. The van der Waals surface area contributed by atoms with Crippen molar-refractivity contribution in [1.82, 2.24) is 9.78 Å². The van der Waals surface area contributed by atoms with Crippen LogP contribution in [-0.2, 0) is 13.0 Å². The Hall–Kier alpha value is -1.81. The number of nitrogens with zero attached hydrogens (tertiary/aromatic N) is 2. The lowest BCUT2D eigenvalue weighted by atomic mass is 10.1. The number of rotatable bonds is 4. The van der Waals surface area contributed by atoms with Crippen LogP contribution in [0.2, 0.25) is 0 Å². The highest BCUT2D eigenvalue weighted by Gasteiger charge is 2.04. The van der Waals surface area contributed by atoms with Crippen molar-refractivity contribution in [3.05, 3.63) is 47.7 Å². The normalized spacial score (nSPS) is 10.6. The molecule has 4 heteroatoms. The average molecular weight is 217 g/mol. The fourth-order valence-corrected chi connectivity index (χ4v) is 1.65. The van der Waals surface area contributed by atoms with Crippen molar-refractivity contribution >= 4 is 5.82 Å². The van der Waals surface area contributed by atoms with Crippen molar-refractivity contribution in [2.24, 2.45) is 0 Å². The van der Waals surface area contributed by atoms with Crippen molar-refractivity contribution in [3.63, 3.8) is 0 Å². The summed E-state index contributed by atoms with van der Waals surface area (Å²) in [7, 11) is 0. The quantitative estimate of drug-likeness (QED) is 0.804. The van der Waals surface area contributed by atoms with Gasteiger partial charge in [-0.15, -0.1) is 0 Å². The van der Waals surface area contributed by atoms with Gasteiger partial charge in [0.05, 0.1) is 18.8 Å². The molecule has 0 aliphatic carbocycles. The highest BCUT2D eigenvalue weighted by Crippen LogP contribution is 2.11. The minimum absolute atomic E-state index is 0.0522. The molecule has 1 aromatic carbocycles. The van der Waals surface area contributed by atoms with E-state index in [0.29, 0.717) is 12.4 Å². The van der Waals surface area contributed by atoms with Gasteiger partial charge in [0.1, 0.15) is 5.82 Å². The van der Waals surface area contributed by atoms with Crippen LogP contribution in [0.3, 0.4) is 0 Å². The Kier molecular flexibility index (Phi) is 3.22. The van der Waals surface area contributed by atoms with E-state index < -0.39 is 0 Å². The first-order valence-corrected chi connectivity index (χ1v) is 5.26. The van der Waals surface area contributed by atoms with E-state index in [1.165, 1.54) is 5.56 Å². The van der Waals surface area contributed by atoms with Crippen LogP contribution in [0.5, 0.6) is 0 Å². The number of nitrogen functional groups attached to an aromatic ring is 1. The number of aromatic nitrogens is 2. The molecule has 0 radical (unpaired) electrons. The fourth-order valence-electron chi connectivity index (χ4n) is 1.65. The number of aliphatic hydroxyl groups excluding tert-OH is 1. The minimum atomic E-state index is 0.0522. The molecule has 0 saturated heterocycles. The number of nitrogens with two attached hydrogens (primary N) is 1. The van der Waals surface area contributed by atoms with Crippen LogP contribution in [0.25, 0.3) is 0 Å². The van der Waals surface area contributed by atoms with Crippen molar-refractivity contribution in [2.45, 2.75) is 13.0 Å². The van der Waals surface area contributed by atoms with Crippen LogP contribution < -0.4 is 5.73 Å². The van der Waals surface area contributed by atoms with Gasteiger partial charge in [-0.05, 0) is 5.56 Å². The molecule has 3 N–H and O–H groups in total. The molecule has 0 fully saturated rings. The van der Waals surface area contributed by atoms with Gasteiger partial charge in [0, 0.05) is 12.5 Å². The predicted molar refractivity (Wildman–Crippen MR) is 63.0 cm³/mol. The van der Waals surface area contributed by atoms with Gasteiger partial charge < -0.3 is 10.8 Å². The summed E-state index contributed by atoms with van der Waals surface area (Å²) < 4.78 is 1.62. The first-order valence-electron chi connectivity index (χ1n) is 5.26. The Morgan fingerprint density at radius 1 is 1.25 bits per heavy atom. The Labute approximate surface area is 94.3 Å². The highest BCUT2D eigenvalue weighted by molar-refractivity contribution is 5.33. The molecule has 4 nitrogen and oxygen atoms in total. The first kappa shape index (κ1) is 10.7. The number of benzene rings is 1. The van der Waals surface area contributed by atoms with Gasteiger partial charge in [-0.25, -0.2) is 4.68 Å². The van der Waals surface area contributed by atoms with Gasteiger partial charge in [-0.3, -0.25) is 0 Å². The Balaban J connectivity index is 2.13. The molecular formula is C12H15N3O. The van der Waals surface area contributed by atoms with Crippen LogP contribution in [0.1, 0.15) is 11.3 Å². The van der Waals surface area contributed by atoms with Crippen molar-refractivity contribution in [2.75, 3.05) is 12.3 Å². The highest BCUT2D eigenvalue weighted by atomic mass is 16.3. The Morgan fingerprint density at radius 2 is 2.00 bits per heavy atom. The summed E-state index contributed by atoms with van der Waals surface area (Å²) >= 11 is 0. The smallest absolute Gasteiger partial charge is 0.122 e. The lowest BCUT2D eigenvalue weighted by molar-refractivity contribution is 0.270. The molecule has 1 heterocycles. The third kappa shape index (κ3) is 2.41. The Bertz CT molecular complexity index is 451. The third-order valence-electron chi connectivity index (χ3n) is 2.40. The molecule has 0 spiro atoms. The van der Waals surface area contributed by atoms with Gasteiger partial charge in [-0.1, -0.05) is 30.3 Å². The van der Waals surface area contributed by atoms with Crippen LogP contribution in [0, 0.1) is 0 Å². The zero-order valence-corrected chi connectivity index (χ0v) is 9.00. The zero-order valence-electron chi connectivity index (χ0n) is 9.00. The standard InChI is InChI=1S/C12H15N3O/c13-12-9-11(14-15(12)6-7-16)8-10-4-2-1-3-5-10/h1-5,9,16H,6-8,13H2. The summed E-state index contributed by atoms with van der Waals surface area (Å²) in [5, 5.41) is 13.2. The summed E-state index contributed by atoms with van der Waals surface area (Å²) in [4.78, 5) is 0. The van der Waals surface area contributed by atoms with Gasteiger partial charge in [0.15, 0.2) is 0 Å². The van der Waals surface area contributed by atoms with E-state index in [0.717, 1.165) is 12.1 Å². The minimum Gasteiger partial charge on any atom is -0.394 e. The summed E-state index contributed by atoms with van der Waals surface area (Å²) in [6.07, 6.45) is 0.767. The maximum atomic E-state index is 8.83. The second kappa shape index (κ2) is 4.81. The molecule has 2 rings (SSSR count). The molecule has 2 aromatic rings. The van der Waals surface area contributed by atoms with E-state index in [2.05, 4.69) is 17.2 Å². The van der Waals surface area contributed by atoms with Crippen molar-refractivity contribution < 1.29 is 5.11 Å². The zero-order chi connectivity index (χ0) is 11.4. The topological polar surface area (TPSA) is 64.1 Å². The molecule has 0 amide bonds. The van der Waals surface area contributed by atoms with E-state index in [1.54, 1.807) is 4.68 Å². The van der Waals surface area contributed by atoms with Gasteiger partial charge in [0.25, 0.3) is 0 Å². The third-order valence-corrected chi connectivity index (χ3v) is 2.40. The molecule has 0 aliphatic heterocycles. The van der Waals surface area contributed by atoms with Crippen molar-refractivity contribution in [1.29, 1.82) is 0 Å². The maximum absolute atomic E-state index is 8.83. The lowest BCUT2D eigenvalue weighted by Gasteiger charge is -1.99. The largest absolute Gasteiger partial charge is 0.394 e. The van der Waals surface area contributed by atoms with Crippen LogP contribution in [0.4, 0.5) is 5.82 Å². The fraction of sp³-hybridized carbons (Fsp3) is 0.250. The number of aliphatic hydroxyl groups is 1. The summed E-state index contributed by atoms with van der Waals surface area (Å²) in [6, 6.07) is 12.0. The van der Waals surface area contributed by atoms with E-state index in [-0.39, 0.29) is 6.61 Å². The monoisotopic (exact) mass is 217 g/mol. The predicted octanol–water partition coefficient (Wildman–Crippen LogP) is 1.05. The summed E-state index contributed by atoms with van der Waals surface area (Å²) in [5.74, 6) is 0.597. The first-order chi connectivity index (χ1) is 7.79. The molecular weight excluding hydrogens is 202 g/mol. The van der Waals surface area contributed by atoms with E-state index in [1.807, 2.05) is 24.3 Å². The van der Waals surface area contributed by atoms with Crippen LogP contribution in [-0.4, -0.2) is 21.5 Å². The Morgan fingerprint density at radius 3 is 2.69 bits per heavy atom. The molecule has 0 unspecified atom stereocenters. The molecule has 16 heavy (non-hydrogen) atoms. The summed E-state index contributed by atoms with van der Waals surface area (Å²) in [5.41, 5.74) is 7.90. The molecule has 0 aliphatic rings. The average Bonchev–Trinajstić information content (AvgIpc) is 2.61. The molecule has 0 atom stereocenters. The van der Waals surface area contributed by atoms with Gasteiger partial charge in [-0.2, -0.15) is 5.10 Å². The molecule has 0 saturated carbocycles. The van der Waals surface area contributed by atoms with Crippen LogP contribution >= 0.6 is 0 Å². The van der Waals surface area contributed by atoms with Gasteiger partial charge >= 0.3 is 0 Å². The maximum Gasteiger partial charge on any atom is 0.122 e. The van der Waals surface area contributed by atoms with Crippen LogP contribution in [0.15, 0.2) is 36.4 Å². The summed E-state index contributed by atoms with van der Waals surface area (Å²) in [6.45, 7) is 0.497.